The Bertz CT molecular complexity index is 100. The lowest BCUT2D eigenvalue weighted by Crippen LogP contribution is -2.49. The molecule has 0 aromatic carbocycles. The van der Waals surface area contributed by atoms with Crippen LogP contribution in [0.15, 0.2) is 0 Å². The highest BCUT2D eigenvalue weighted by molar-refractivity contribution is 4.81. The Kier molecular flexibility index (Phi) is 3.20. The molecule has 62 valence electrons. The number of aliphatic hydroxyl groups is 5. The molecular formula is C5H12O5. The number of rotatable bonds is 3. The van der Waals surface area contributed by atoms with Crippen LogP contribution < -0.4 is 0 Å². The molecule has 2 atom stereocenters. The van der Waals surface area contributed by atoms with E-state index in [4.69, 9.17) is 25.5 Å². The summed E-state index contributed by atoms with van der Waals surface area (Å²) in [7, 11) is 0. The molecule has 10 heavy (non-hydrogen) atoms. The second-order valence-corrected chi connectivity index (χ2v) is 2.37. The number of hydrogen-bond acceptors (Lipinski definition) is 5. The van der Waals surface area contributed by atoms with Gasteiger partial charge in [-0.25, -0.2) is 0 Å². The Hall–Kier alpha value is -0.200. The van der Waals surface area contributed by atoms with E-state index in [1.807, 2.05) is 0 Å². The minimum absolute atomic E-state index is 0.730. The highest BCUT2D eigenvalue weighted by Crippen LogP contribution is 2.10. The molecule has 0 spiro atoms. The van der Waals surface area contributed by atoms with E-state index in [0.717, 1.165) is 6.92 Å². The van der Waals surface area contributed by atoms with Crippen molar-refractivity contribution in [3.63, 3.8) is 0 Å². The van der Waals surface area contributed by atoms with E-state index < -0.39 is 24.6 Å². The van der Waals surface area contributed by atoms with Crippen LogP contribution in [0, 0.1) is 0 Å². The second kappa shape index (κ2) is 3.27. The monoisotopic (exact) mass is 152 g/mol. The first-order valence-corrected chi connectivity index (χ1v) is 2.79. The van der Waals surface area contributed by atoms with Gasteiger partial charge in [0, 0.05) is 0 Å². The van der Waals surface area contributed by atoms with E-state index in [9.17, 15) is 0 Å². The van der Waals surface area contributed by atoms with Gasteiger partial charge < -0.3 is 25.5 Å². The molecule has 0 amide bonds. The molecule has 0 aromatic heterocycles. The fraction of sp³-hybridized carbons (Fsp3) is 1.00. The predicted octanol–water partition coefficient (Wildman–Crippen LogP) is -2.60. The molecule has 0 bridgehead atoms. The number of aliphatic hydroxyl groups excluding tert-OH is 3. The SMILES string of the molecule is CC(O)(CO)C(O)C(O)O. The largest absolute Gasteiger partial charge is 0.393 e. The summed E-state index contributed by atoms with van der Waals surface area (Å²) >= 11 is 0. The molecule has 5 N–H and O–H groups in total. The topological polar surface area (TPSA) is 101 Å². The van der Waals surface area contributed by atoms with Gasteiger partial charge in [-0.2, -0.15) is 0 Å². The van der Waals surface area contributed by atoms with Gasteiger partial charge in [-0.3, -0.25) is 0 Å². The van der Waals surface area contributed by atoms with E-state index in [0.29, 0.717) is 0 Å². The van der Waals surface area contributed by atoms with Crippen molar-refractivity contribution in [1.82, 2.24) is 0 Å². The fourth-order valence-electron chi connectivity index (χ4n) is 0.415. The van der Waals surface area contributed by atoms with Gasteiger partial charge >= 0.3 is 0 Å². The Morgan fingerprint density at radius 2 is 1.70 bits per heavy atom. The van der Waals surface area contributed by atoms with E-state index in [2.05, 4.69) is 0 Å². The van der Waals surface area contributed by atoms with Crippen molar-refractivity contribution in [3.8, 4) is 0 Å². The van der Waals surface area contributed by atoms with Crippen LogP contribution >= 0.6 is 0 Å². The van der Waals surface area contributed by atoms with Gasteiger partial charge in [0.1, 0.15) is 11.7 Å². The molecule has 0 aromatic rings. The number of hydrogen-bond donors (Lipinski definition) is 5. The van der Waals surface area contributed by atoms with Crippen LogP contribution in [0.5, 0.6) is 0 Å². The molecule has 0 rings (SSSR count). The van der Waals surface area contributed by atoms with Crippen LogP contribution in [-0.2, 0) is 0 Å². The molecule has 0 aliphatic heterocycles. The zero-order chi connectivity index (χ0) is 8.36. The molecule has 0 radical (unpaired) electrons. The van der Waals surface area contributed by atoms with Gasteiger partial charge in [0.05, 0.1) is 6.61 Å². The lowest BCUT2D eigenvalue weighted by Gasteiger charge is -2.27. The lowest BCUT2D eigenvalue weighted by molar-refractivity contribution is -0.198. The second-order valence-electron chi connectivity index (χ2n) is 2.37. The first-order valence-electron chi connectivity index (χ1n) is 2.79. The van der Waals surface area contributed by atoms with E-state index in [1.165, 1.54) is 0 Å². The van der Waals surface area contributed by atoms with Crippen LogP contribution in [0.1, 0.15) is 6.92 Å². The maximum atomic E-state index is 8.94. The lowest BCUT2D eigenvalue weighted by atomic mass is 10.0. The van der Waals surface area contributed by atoms with Crippen molar-refractivity contribution in [3.05, 3.63) is 0 Å². The van der Waals surface area contributed by atoms with Crippen molar-refractivity contribution in [1.29, 1.82) is 0 Å². The molecule has 0 fully saturated rings. The van der Waals surface area contributed by atoms with Crippen molar-refractivity contribution >= 4 is 0 Å². The summed E-state index contributed by atoms with van der Waals surface area (Å²) in [6.45, 7) is 0.364. The van der Waals surface area contributed by atoms with Crippen molar-refractivity contribution in [2.75, 3.05) is 6.61 Å². The van der Waals surface area contributed by atoms with Gasteiger partial charge in [0.15, 0.2) is 6.29 Å². The van der Waals surface area contributed by atoms with Gasteiger partial charge in [-0.15, -0.1) is 0 Å². The van der Waals surface area contributed by atoms with E-state index in [-0.39, 0.29) is 0 Å². The van der Waals surface area contributed by atoms with Crippen LogP contribution in [0.3, 0.4) is 0 Å². The molecule has 0 saturated carbocycles. The Morgan fingerprint density at radius 1 is 1.30 bits per heavy atom. The van der Waals surface area contributed by atoms with Gasteiger partial charge in [-0.05, 0) is 6.92 Å². The summed E-state index contributed by atoms with van der Waals surface area (Å²) in [4.78, 5) is 0. The van der Waals surface area contributed by atoms with Gasteiger partial charge in [0.2, 0.25) is 0 Å². The summed E-state index contributed by atoms with van der Waals surface area (Å²) in [6.07, 6.45) is -3.79. The van der Waals surface area contributed by atoms with Crippen molar-refractivity contribution < 1.29 is 25.5 Å². The van der Waals surface area contributed by atoms with Crippen LogP contribution in [0.2, 0.25) is 0 Å². The Balaban J connectivity index is 4.03. The van der Waals surface area contributed by atoms with Crippen LogP contribution in [0.25, 0.3) is 0 Å². The van der Waals surface area contributed by atoms with Crippen molar-refractivity contribution in [2.24, 2.45) is 0 Å². The third-order valence-corrected chi connectivity index (χ3v) is 1.24. The van der Waals surface area contributed by atoms with Gasteiger partial charge in [0.25, 0.3) is 0 Å². The van der Waals surface area contributed by atoms with Crippen molar-refractivity contribution in [2.45, 2.75) is 24.9 Å². The fourth-order valence-corrected chi connectivity index (χ4v) is 0.415. The summed E-state index contributed by atoms with van der Waals surface area (Å²) in [5.74, 6) is 0. The summed E-state index contributed by atoms with van der Waals surface area (Å²) in [5, 5.41) is 42.7. The average Bonchev–Trinajstić information content (AvgIpc) is 1.86. The molecule has 0 aliphatic rings. The third kappa shape index (κ3) is 2.20. The standard InChI is InChI=1S/C5H12O5/c1-5(10,2-6)3(7)4(8)9/h3-4,6-10H,2H2,1H3. The normalized spacial score (nSPS) is 20.7. The molecule has 0 saturated heterocycles. The summed E-state index contributed by atoms with van der Waals surface area (Å²) < 4.78 is 0. The zero-order valence-corrected chi connectivity index (χ0v) is 5.60. The zero-order valence-electron chi connectivity index (χ0n) is 5.60. The average molecular weight is 152 g/mol. The molecule has 5 heteroatoms. The maximum absolute atomic E-state index is 8.94. The van der Waals surface area contributed by atoms with Gasteiger partial charge in [-0.1, -0.05) is 0 Å². The van der Waals surface area contributed by atoms with Crippen LogP contribution in [-0.4, -0.2) is 50.1 Å². The molecule has 0 aliphatic carbocycles. The van der Waals surface area contributed by atoms with Crippen LogP contribution in [0.4, 0.5) is 0 Å². The summed E-state index contributed by atoms with van der Waals surface area (Å²) in [5.41, 5.74) is -1.87. The first-order chi connectivity index (χ1) is 4.41. The third-order valence-electron chi connectivity index (χ3n) is 1.24. The molecule has 0 heterocycles. The minimum Gasteiger partial charge on any atom is -0.393 e. The maximum Gasteiger partial charge on any atom is 0.181 e. The predicted molar refractivity (Wildman–Crippen MR) is 31.9 cm³/mol. The van der Waals surface area contributed by atoms with E-state index in [1.54, 1.807) is 0 Å². The highest BCUT2D eigenvalue weighted by atomic mass is 16.5. The first kappa shape index (κ1) is 9.80. The quantitative estimate of drug-likeness (QED) is 0.285. The molecule has 5 nitrogen and oxygen atoms in total. The Morgan fingerprint density at radius 3 is 1.80 bits per heavy atom. The smallest absolute Gasteiger partial charge is 0.181 e. The Labute approximate surface area is 58.2 Å². The van der Waals surface area contributed by atoms with E-state index >= 15 is 0 Å². The minimum atomic E-state index is -2.04. The summed E-state index contributed by atoms with van der Waals surface area (Å²) in [6, 6.07) is 0. The molecular weight excluding hydrogens is 140 g/mol. The molecule has 2 unspecified atom stereocenters. The highest BCUT2D eigenvalue weighted by Gasteiger charge is 2.34.